The summed E-state index contributed by atoms with van der Waals surface area (Å²) in [6.07, 6.45) is 4.55. The summed E-state index contributed by atoms with van der Waals surface area (Å²) in [6, 6.07) is 27.6. The normalized spacial score (nSPS) is 12.1. The molecule has 0 saturated carbocycles. The van der Waals surface area contributed by atoms with Gasteiger partial charge in [0.15, 0.2) is 5.76 Å². The van der Waals surface area contributed by atoms with Crippen LogP contribution in [0.4, 0.5) is 0 Å². The Balaban J connectivity index is 1.47. The fourth-order valence-electron chi connectivity index (χ4n) is 4.16. The van der Waals surface area contributed by atoms with Crippen molar-refractivity contribution in [2.45, 2.75) is 17.4 Å². The lowest BCUT2D eigenvalue weighted by Crippen LogP contribution is -2.31. The van der Waals surface area contributed by atoms with E-state index >= 15 is 0 Å². The lowest BCUT2D eigenvalue weighted by Gasteiger charge is -2.19. The zero-order valence-electron chi connectivity index (χ0n) is 19.1. The quantitative estimate of drug-likeness (QED) is 0.287. The van der Waals surface area contributed by atoms with E-state index < -0.39 is 0 Å². The third-order valence-electron chi connectivity index (χ3n) is 5.96. The number of fused-ring (bicyclic) bond motifs is 1. The summed E-state index contributed by atoms with van der Waals surface area (Å²) in [4.78, 5) is 19.1. The molecule has 1 amide bonds. The van der Waals surface area contributed by atoms with Crippen molar-refractivity contribution in [3.8, 4) is 11.3 Å². The lowest BCUT2D eigenvalue weighted by molar-refractivity contribution is 0.0908. The van der Waals surface area contributed by atoms with Crippen molar-refractivity contribution in [1.82, 2.24) is 14.9 Å². The molecule has 2 aromatic heterocycles. The minimum atomic E-state index is -0.327. The minimum Gasteiger partial charge on any atom is -0.451 e. The van der Waals surface area contributed by atoms with E-state index in [0.717, 1.165) is 28.0 Å². The Morgan fingerprint density at radius 1 is 1.03 bits per heavy atom. The van der Waals surface area contributed by atoms with Gasteiger partial charge in [0, 0.05) is 17.3 Å². The topological polar surface area (TPSA) is 60.1 Å². The van der Waals surface area contributed by atoms with Crippen molar-refractivity contribution < 1.29 is 9.21 Å². The predicted octanol–water partition coefficient (Wildman–Crippen LogP) is 6.27. The summed E-state index contributed by atoms with van der Waals surface area (Å²) in [5.74, 6) is 0.824. The number of thioether (sulfide) groups is 1. The van der Waals surface area contributed by atoms with Gasteiger partial charge in [-0.25, -0.2) is 4.98 Å². The second kappa shape index (κ2) is 9.61. The van der Waals surface area contributed by atoms with E-state index in [4.69, 9.17) is 9.40 Å². The van der Waals surface area contributed by atoms with Gasteiger partial charge in [0.2, 0.25) is 0 Å². The summed E-state index contributed by atoms with van der Waals surface area (Å²) in [6.45, 7) is 0. The molecule has 0 bridgehead atoms. The predicted molar refractivity (Wildman–Crippen MR) is 137 cm³/mol. The van der Waals surface area contributed by atoms with Crippen molar-refractivity contribution >= 4 is 28.6 Å². The number of rotatable bonds is 7. The number of carbonyl (C=O) groups excluding carboxylic acids is 1. The highest BCUT2D eigenvalue weighted by atomic mass is 32.2. The van der Waals surface area contributed by atoms with Crippen LogP contribution in [0.15, 0.2) is 100 Å². The number of hydrogen-bond acceptors (Lipinski definition) is 4. The highest BCUT2D eigenvalue weighted by molar-refractivity contribution is 7.98. The van der Waals surface area contributed by atoms with Crippen LogP contribution in [0, 0.1) is 0 Å². The first-order valence-electron chi connectivity index (χ1n) is 11.1. The van der Waals surface area contributed by atoms with Crippen LogP contribution in [0.2, 0.25) is 0 Å². The molecule has 34 heavy (non-hydrogen) atoms. The molecule has 5 rings (SSSR count). The van der Waals surface area contributed by atoms with E-state index in [0.29, 0.717) is 17.8 Å². The number of imidazole rings is 1. The number of nitrogens with one attached hydrogen (secondary N) is 1. The van der Waals surface area contributed by atoms with Crippen LogP contribution in [-0.2, 0) is 13.5 Å². The second-order valence-electron chi connectivity index (χ2n) is 8.15. The molecule has 0 fully saturated rings. The van der Waals surface area contributed by atoms with Crippen LogP contribution in [0.25, 0.3) is 22.2 Å². The Labute approximate surface area is 202 Å². The zero-order valence-corrected chi connectivity index (χ0v) is 19.9. The highest BCUT2D eigenvalue weighted by Crippen LogP contribution is 2.27. The molecule has 5 nitrogen and oxygen atoms in total. The van der Waals surface area contributed by atoms with Crippen molar-refractivity contribution in [1.29, 1.82) is 0 Å². The number of nitrogens with zero attached hydrogens (tertiary/aromatic N) is 2. The summed E-state index contributed by atoms with van der Waals surface area (Å²) in [5.41, 5.74) is 3.89. The molecule has 0 radical (unpaired) electrons. The molecule has 2 heterocycles. The second-order valence-corrected chi connectivity index (χ2v) is 9.03. The first-order valence-corrected chi connectivity index (χ1v) is 12.3. The van der Waals surface area contributed by atoms with Crippen LogP contribution in [0.3, 0.4) is 0 Å². The van der Waals surface area contributed by atoms with E-state index in [1.165, 1.54) is 4.90 Å². The van der Waals surface area contributed by atoms with Crippen LogP contribution < -0.4 is 5.32 Å². The van der Waals surface area contributed by atoms with E-state index in [1.54, 1.807) is 17.8 Å². The number of benzene rings is 3. The first-order chi connectivity index (χ1) is 16.6. The molecule has 0 aliphatic carbocycles. The summed E-state index contributed by atoms with van der Waals surface area (Å²) >= 11 is 1.72. The Morgan fingerprint density at radius 2 is 1.76 bits per heavy atom. The average Bonchev–Trinajstić information content (AvgIpc) is 3.48. The number of furan rings is 1. The van der Waals surface area contributed by atoms with Crippen LogP contribution in [0.5, 0.6) is 0 Å². The van der Waals surface area contributed by atoms with Gasteiger partial charge in [-0.3, -0.25) is 4.79 Å². The van der Waals surface area contributed by atoms with Gasteiger partial charge in [0.1, 0.15) is 11.4 Å². The van der Waals surface area contributed by atoms with Crippen molar-refractivity contribution in [3.63, 3.8) is 0 Å². The van der Waals surface area contributed by atoms with E-state index in [-0.39, 0.29) is 11.9 Å². The molecule has 1 unspecified atom stereocenters. The molecule has 1 atom stereocenters. The van der Waals surface area contributed by atoms with Gasteiger partial charge in [-0.15, -0.1) is 11.8 Å². The average molecular weight is 468 g/mol. The Bertz CT molecular complexity index is 1390. The van der Waals surface area contributed by atoms with Crippen molar-refractivity contribution in [2.75, 3.05) is 6.26 Å². The Hall–Kier alpha value is -3.77. The zero-order chi connectivity index (χ0) is 23.5. The molecular formula is C28H25N3O2S. The van der Waals surface area contributed by atoms with Crippen molar-refractivity contribution in [3.05, 3.63) is 108 Å². The molecule has 0 spiro atoms. The molecule has 3 aromatic carbocycles. The maximum atomic E-state index is 13.2. The summed E-state index contributed by atoms with van der Waals surface area (Å²) in [5, 5.41) is 4.07. The molecule has 0 aliphatic rings. The Morgan fingerprint density at radius 3 is 2.50 bits per heavy atom. The molecule has 0 saturated heterocycles. The van der Waals surface area contributed by atoms with Crippen LogP contribution in [0.1, 0.15) is 28.0 Å². The minimum absolute atomic E-state index is 0.258. The smallest absolute Gasteiger partial charge is 0.287 e. The van der Waals surface area contributed by atoms with Gasteiger partial charge in [-0.2, -0.15) is 0 Å². The third-order valence-corrected chi connectivity index (χ3v) is 6.70. The largest absolute Gasteiger partial charge is 0.451 e. The number of hydrogen-bond donors (Lipinski definition) is 1. The summed E-state index contributed by atoms with van der Waals surface area (Å²) in [7, 11) is 1.99. The van der Waals surface area contributed by atoms with Gasteiger partial charge in [0.25, 0.3) is 5.91 Å². The highest BCUT2D eigenvalue weighted by Gasteiger charge is 2.23. The number of para-hydroxylation sites is 1. The fraction of sp³-hybridized carbons (Fsp3) is 0.143. The van der Waals surface area contributed by atoms with E-state index in [1.807, 2.05) is 55.7 Å². The van der Waals surface area contributed by atoms with Gasteiger partial charge in [0.05, 0.1) is 17.9 Å². The molecule has 1 N–H and O–H groups in total. The van der Waals surface area contributed by atoms with E-state index in [9.17, 15) is 4.79 Å². The van der Waals surface area contributed by atoms with Gasteiger partial charge < -0.3 is 14.3 Å². The van der Waals surface area contributed by atoms with Gasteiger partial charge >= 0.3 is 0 Å². The fourth-order valence-corrected chi connectivity index (χ4v) is 4.57. The van der Waals surface area contributed by atoms with Crippen LogP contribution >= 0.6 is 11.8 Å². The lowest BCUT2D eigenvalue weighted by atomic mass is 10.0. The standard InChI is InChI=1S/C28H25N3O2S/c1-31-24(20-12-14-22(34-2)15-13-20)18-29-27(31)23(16-19-8-4-3-5-9-19)30-28(32)26-17-21-10-6-7-11-25(21)33-26/h3-15,17-18,23H,16H2,1-2H3,(H,30,32). The summed E-state index contributed by atoms with van der Waals surface area (Å²) < 4.78 is 7.86. The molecule has 6 heteroatoms. The molecular weight excluding hydrogens is 442 g/mol. The number of aromatic nitrogens is 2. The molecule has 0 aliphatic heterocycles. The monoisotopic (exact) mass is 467 g/mol. The van der Waals surface area contributed by atoms with Crippen molar-refractivity contribution in [2.24, 2.45) is 7.05 Å². The number of amides is 1. The molecule has 170 valence electrons. The SMILES string of the molecule is CSc1ccc(-c2cnc(C(Cc3ccccc3)NC(=O)c3cc4ccccc4o3)n2C)cc1. The van der Waals surface area contributed by atoms with Gasteiger partial charge in [-0.1, -0.05) is 60.7 Å². The maximum Gasteiger partial charge on any atom is 0.287 e. The van der Waals surface area contributed by atoms with Crippen LogP contribution in [-0.4, -0.2) is 21.7 Å². The van der Waals surface area contributed by atoms with Gasteiger partial charge in [-0.05, 0) is 48.1 Å². The Kier molecular flexibility index (Phi) is 6.23. The maximum absolute atomic E-state index is 13.2. The molecule has 5 aromatic rings. The third kappa shape index (κ3) is 4.50. The first kappa shape index (κ1) is 22.0. The number of carbonyl (C=O) groups is 1. The van der Waals surface area contributed by atoms with E-state index in [2.05, 4.69) is 52.5 Å².